The van der Waals surface area contributed by atoms with Gasteiger partial charge in [-0.2, -0.15) is 0 Å². The smallest absolute Gasteiger partial charge is 0.317 e. The van der Waals surface area contributed by atoms with E-state index in [-0.39, 0.29) is 17.5 Å². The summed E-state index contributed by atoms with van der Waals surface area (Å²) in [6, 6.07) is 10.7. The highest BCUT2D eigenvalue weighted by atomic mass is 16.2. The fourth-order valence-corrected chi connectivity index (χ4v) is 4.29. The van der Waals surface area contributed by atoms with Crippen LogP contribution in [0.15, 0.2) is 30.3 Å². The van der Waals surface area contributed by atoms with Crippen LogP contribution in [0.5, 0.6) is 0 Å². The van der Waals surface area contributed by atoms with Crippen molar-refractivity contribution in [2.45, 2.75) is 63.1 Å². The summed E-state index contributed by atoms with van der Waals surface area (Å²) >= 11 is 0. The molecule has 1 aromatic rings. The quantitative estimate of drug-likeness (QED) is 0.919. The van der Waals surface area contributed by atoms with Crippen LogP contribution < -0.4 is 5.32 Å². The second kappa shape index (κ2) is 6.70. The molecular weight excluding hydrogens is 314 g/mol. The minimum atomic E-state index is -0.0679. The SMILES string of the molecule is O=C(NC1CC1)N1CCCC2(CCC(=O)N2Cc2ccccc2)CC1. The lowest BCUT2D eigenvalue weighted by Gasteiger charge is -2.38. The molecule has 4 rings (SSSR count). The molecule has 0 radical (unpaired) electrons. The molecule has 1 aromatic carbocycles. The molecule has 1 saturated carbocycles. The van der Waals surface area contributed by atoms with E-state index in [1.807, 2.05) is 23.1 Å². The van der Waals surface area contributed by atoms with Gasteiger partial charge in [-0.05, 0) is 44.1 Å². The van der Waals surface area contributed by atoms with Crippen molar-refractivity contribution < 1.29 is 9.59 Å². The molecular formula is C20H27N3O2. The van der Waals surface area contributed by atoms with Crippen molar-refractivity contribution in [1.82, 2.24) is 15.1 Å². The van der Waals surface area contributed by atoms with Crippen LogP contribution in [-0.4, -0.2) is 46.4 Å². The Kier molecular flexibility index (Phi) is 4.40. The van der Waals surface area contributed by atoms with Gasteiger partial charge in [0.1, 0.15) is 0 Å². The highest BCUT2D eigenvalue weighted by Crippen LogP contribution is 2.40. The number of nitrogens with zero attached hydrogens (tertiary/aromatic N) is 2. The Hall–Kier alpha value is -2.04. The Morgan fingerprint density at radius 3 is 2.68 bits per heavy atom. The first-order chi connectivity index (χ1) is 12.2. The molecule has 1 atom stereocenters. The zero-order valence-electron chi connectivity index (χ0n) is 14.7. The molecule has 1 aliphatic carbocycles. The minimum absolute atomic E-state index is 0.0679. The average Bonchev–Trinajstić information content (AvgIpc) is 3.41. The first-order valence-corrected chi connectivity index (χ1v) is 9.56. The summed E-state index contributed by atoms with van der Waals surface area (Å²) in [6.07, 6.45) is 6.66. The van der Waals surface area contributed by atoms with Gasteiger partial charge < -0.3 is 15.1 Å². The molecule has 2 aliphatic heterocycles. The first-order valence-electron chi connectivity index (χ1n) is 9.56. The third kappa shape index (κ3) is 3.51. The molecule has 25 heavy (non-hydrogen) atoms. The van der Waals surface area contributed by atoms with Gasteiger partial charge in [-0.25, -0.2) is 4.79 Å². The number of rotatable bonds is 3. The Labute approximate surface area is 149 Å². The van der Waals surface area contributed by atoms with E-state index in [2.05, 4.69) is 22.3 Å². The van der Waals surface area contributed by atoms with Crippen LogP contribution in [0, 0.1) is 0 Å². The molecule has 5 nitrogen and oxygen atoms in total. The van der Waals surface area contributed by atoms with Crippen LogP contribution in [-0.2, 0) is 11.3 Å². The van der Waals surface area contributed by atoms with E-state index in [0.29, 0.717) is 19.0 Å². The second-order valence-electron chi connectivity index (χ2n) is 7.75. The predicted molar refractivity (Wildman–Crippen MR) is 95.9 cm³/mol. The van der Waals surface area contributed by atoms with E-state index in [9.17, 15) is 9.59 Å². The topological polar surface area (TPSA) is 52.7 Å². The maximum atomic E-state index is 12.6. The van der Waals surface area contributed by atoms with Crippen LogP contribution in [0.25, 0.3) is 0 Å². The Morgan fingerprint density at radius 2 is 1.92 bits per heavy atom. The molecule has 5 heteroatoms. The average molecular weight is 341 g/mol. The molecule has 3 fully saturated rings. The molecule has 134 valence electrons. The molecule has 3 aliphatic rings. The van der Waals surface area contributed by atoms with Gasteiger partial charge in [0, 0.05) is 37.6 Å². The van der Waals surface area contributed by atoms with Crippen molar-refractivity contribution in [3.05, 3.63) is 35.9 Å². The van der Waals surface area contributed by atoms with Gasteiger partial charge in [0.15, 0.2) is 0 Å². The van der Waals surface area contributed by atoms with Crippen molar-refractivity contribution >= 4 is 11.9 Å². The molecule has 1 N–H and O–H groups in total. The van der Waals surface area contributed by atoms with Crippen LogP contribution >= 0.6 is 0 Å². The number of hydrogen-bond donors (Lipinski definition) is 1. The number of carbonyl (C=O) groups excluding carboxylic acids is 2. The monoisotopic (exact) mass is 341 g/mol. The zero-order chi connectivity index (χ0) is 17.3. The van der Waals surface area contributed by atoms with E-state index < -0.39 is 0 Å². The molecule has 0 bridgehead atoms. The lowest BCUT2D eigenvalue weighted by atomic mass is 9.87. The normalized spacial score (nSPS) is 26.8. The van der Waals surface area contributed by atoms with Crippen LogP contribution in [0.4, 0.5) is 4.79 Å². The maximum Gasteiger partial charge on any atom is 0.317 e. The van der Waals surface area contributed by atoms with Crippen LogP contribution in [0.1, 0.15) is 50.5 Å². The van der Waals surface area contributed by atoms with Crippen molar-refractivity contribution in [3.8, 4) is 0 Å². The van der Waals surface area contributed by atoms with Gasteiger partial charge in [0.2, 0.25) is 5.91 Å². The van der Waals surface area contributed by atoms with E-state index in [1.165, 1.54) is 5.56 Å². The maximum absolute atomic E-state index is 12.6. The lowest BCUT2D eigenvalue weighted by molar-refractivity contribution is -0.132. The minimum Gasteiger partial charge on any atom is -0.335 e. The molecule has 2 saturated heterocycles. The van der Waals surface area contributed by atoms with Crippen molar-refractivity contribution in [2.24, 2.45) is 0 Å². The summed E-state index contributed by atoms with van der Waals surface area (Å²) in [5, 5.41) is 3.10. The molecule has 3 amide bonds. The van der Waals surface area contributed by atoms with E-state index >= 15 is 0 Å². The van der Waals surface area contributed by atoms with E-state index in [4.69, 9.17) is 0 Å². The summed E-state index contributed by atoms with van der Waals surface area (Å²) < 4.78 is 0. The second-order valence-corrected chi connectivity index (χ2v) is 7.75. The highest BCUT2D eigenvalue weighted by molar-refractivity contribution is 5.80. The Morgan fingerprint density at radius 1 is 1.12 bits per heavy atom. The summed E-state index contributed by atoms with van der Waals surface area (Å²) in [4.78, 5) is 29.0. The third-order valence-corrected chi connectivity index (χ3v) is 5.97. The van der Waals surface area contributed by atoms with Gasteiger partial charge in [-0.3, -0.25) is 4.79 Å². The summed E-state index contributed by atoms with van der Waals surface area (Å²) in [5.74, 6) is 0.264. The Balaban J connectivity index is 1.45. The van der Waals surface area contributed by atoms with Gasteiger partial charge in [-0.15, -0.1) is 0 Å². The van der Waals surface area contributed by atoms with Crippen molar-refractivity contribution in [2.75, 3.05) is 13.1 Å². The molecule has 2 heterocycles. The van der Waals surface area contributed by atoms with Gasteiger partial charge >= 0.3 is 6.03 Å². The summed E-state index contributed by atoms with van der Waals surface area (Å²) in [6.45, 7) is 2.23. The zero-order valence-corrected chi connectivity index (χ0v) is 14.7. The predicted octanol–water partition coefficient (Wildman–Crippen LogP) is 2.91. The first kappa shape index (κ1) is 16.4. The van der Waals surface area contributed by atoms with Crippen molar-refractivity contribution in [1.29, 1.82) is 0 Å². The lowest BCUT2D eigenvalue weighted by Crippen LogP contribution is -2.47. The van der Waals surface area contributed by atoms with Crippen LogP contribution in [0.3, 0.4) is 0 Å². The Bertz CT molecular complexity index is 644. The number of urea groups is 1. The van der Waals surface area contributed by atoms with E-state index in [1.54, 1.807) is 0 Å². The standard InChI is InChI=1S/C20H27N3O2/c24-18-9-11-20(23(18)15-16-5-2-1-3-6-16)10-4-13-22(14-12-20)19(25)21-17-7-8-17/h1-3,5-6,17H,4,7-15H2,(H,21,25). The molecule has 1 unspecified atom stereocenters. The number of carbonyl (C=O) groups is 2. The molecule has 0 aromatic heterocycles. The number of likely N-dealkylation sites (tertiary alicyclic amines) is 2. The van der Waals surface area contributed by atoms with Gasteiger partial charge in [-0.1, -0.05) is 30.3 Å². The van der Waals surface area contributed by atoms with Gasteiger partial charge in [0.05, 0.1) is 0 Å². The summed E-state index contributed by atoms with van der Waals surface area (Å²) in [7, 11) is 0. The van der Waals surface area contributed by atoms with E-state index in [0.717, 1.165) is 51.6 Å². The highest BCUT2D eigenvalue weighted by Gasteiger charge is 2.46. The van der Waals surface area contributed by atoms with Crippen LogP contribution in [0.2, 0.25) is 0 Å². The summed E-state index contributed by atoms with van der Waals surface area (Å²) in [5.41, 5.74) is 1.12. The van der Waals surface area contributed by atoms with Gasteiger partial charge in [0.25, 0.3) is 0 Å². The largest absolute Gasteiger partial charge is 0.335 e. The number of amides is 3. The molecule has 1 spiro atoms. The van der Waals surface area contributed by atoms with Crippen molar-refractivity contribution in [3.63, 3.8) is 0 Å². The number of benzene rings is 1. The fourth-order valence-electron chi connectivity index (χ4n) is 4.29. The fraction of sp³-hybridized carbons (Fsp3) is 0.600. The number of nitrogens with one attached hydrogen (secondary N) is 1. The number of hydrogen-bond acceptors (Lipinski definition) is 2. The third-order valence-electron chi connectivity index (χ3n) is 5.97.